The molecule has 1 aliphatic rings. The number of ketones is 1. The summed E-state index contributed by atoms with van der Waals surface area (Å²) in [6, 6.07) is 9.45. The Kier molecular flexibility index (Phi) is 4.34. The smallest absolute Gasteiger partial charge is 0.253 e. The maximum Gasteiger partial charge on any atom is 0.253 e. The van der Waals surface area contributed by atoms with E-state index in [9.17, 15) is 14.0 Å². The van der Waals surface area contributed by atoms with E-state index in [0.717, 1.165) is 4.88 Å². The van der Waals surface area contributed by atoms with Gasteiger partial charge in [0.05, 0.1) is 4.88 Å². The molecule has 1 saturated heterocycles. The van der Waals surface area contributed by atoms with Gasteiger partial charge in [0.25, 0.3) is 5.91 Å². The van der Waals surface area contributed by atoms with Crippen molar-refractivity contribution in [2.24, 2.45) is 5.92 Å². The van der Waals surface area contributed by atoms with Crippen LogP contribution in [0.4, 0.5) is 4.39 Å². The highest BCUT2D eigenvalue weighted by Crippen LogP contribution is 2.24. The molecule has 1 aromatic carbocycles. The first-order chi connectivity index (χ1) is 10.6. The number of likely N-dealkylation sites (tertiary alicyclic amines) is 1. The third kappa shape index (κ3) is 3.09. The van der Waals surface area contributed by atoms with Gasteiger partial charge in [-0.3, -0.25) is 9.59 Å². The molecule has 0 aliphatic carbocycles. The molecule has 3 nitrogen and oxygen atoms in total. The zero-order valence-corrected chi connectivity index (χ0v) is 12.8. The summed E-state index contributed by atoms with van der Waals surface area (Å²) < 4.78 is 13.2. The van der Waals surface area contributed by atoms with E-state index in [-0.39, 0.29) is 17.6 Å². The highest BCUT2D eigenvalue weighted by Gasteiger charge is 2.28. The van der Waals surface area contributed by atoms with Crippen molar-refractivity contribution in [2.45, 2.75) is 12.8 Å². The zero-order valence-electron chi connectivity index (χ0n) is 12.0. The normalized spacial score (nSPS) is 15.8. The lowest BCUT2D eigenvalue weighted by molar-refractivity contribution is 0.0651. The van der Waals surface area contributed by atoms with Crippen LogP contribution in [-0.2, 0) is 0 Å². The van der Waals surface area contributed by atoms with Gasteiger partial charge in [-0.1, -0.05) is 12.1 Å². The number of thiophene rings is 1. The van der Waals surface area contributed by atoms with Gasteiger partial charge in [0.2, 0.25) is 0 Å². The largest absolute Gasteiger partial charge is 0.339 e. The summed E-state index contributed by atoms with van der Waals surface area (Å²) in [4.78, 5) is 27.1. The van der Waals surface area contributed by atoms with Crippen molar-refractivity contribution in [3.8, 4) is 0 Å². The number of piperidine rings is 1. The molecule has 1 amide bonds. The summed E-state index contributed by atoms with van der Waals surface area (Å²) >= 11 is 1.46. The molecule has 0 saturated carbocycles. The average Bonchev–Trinajstić information content (AvgIpc) is 3.08. The van der Waals surface area contributed by atoms with E-state index >= 15 is 0 Å². The maximum absolute atomic E-state index is 13.2. The molecule has 0 spiro atoms. The molecule has 0 unspecified atom stereocenters. The molecule has 2 aromatic rings. The molecule has 0 radical (unpaired) electrons. The minimum atomic E-state index is -0.409. The third-order valence-corrected chi connectivity index (χ3v) is 4.87. The van der Waals surface area contributed by atoms with Gasteiger partial charge < -0.3 is 4.90 Å². The second kappa shape index (κ2) is 6.40. The maximum atomic E-state index is 13.2. The quantitative estimate of drug-likeness (QED) is 0.811. The highest BCUT2D eigenvalue weighted by molar-refractivity contribution is 7.12. The molecule has 1 aromatic heterocycles. The Bertz CT molecular complexity index is 676. The van der Waals surface area contributed by atoms with E-state index in [1.54, 1.807) is 11.0 Å². The van der Waals surface area contributed by atoms with Crippen LogP contribution in [0.1, 0.15) is 32.9 Å². The van der Waals surface area contributed by atoms with Gasteiger partial charge in [0.1, 0.15) is 5.82 Å². The van der Waals surface area contributed by atoms with Crippen LogP contribution in [0.15, 0.2) is 41.8 Å². The second-order valence-corrected chi connectivity index (χ2v) is 6.37. The average molecular weight is 317 g/mol. The molecule has 1 fully saturated rings. The van der Waals surface area contributed by atoms with Crippen molar-refractivity contribution in [3.63, 3.8) is 0 Å². The molecule has 3 rings (SSSR count). The van der Waals surface area contributed by atoms with Crippen molar-refractivity contribution < 1.29 is 14.0 Å². The van der Waals surface area contributed by atoms with Gasteiger partial charge >= 0.3 is 0 Å². The van der Waals surface area contributed by atoms with Crippen molar-refractivity contribution in [1.29, 1.82) is 0 Å². The Labute approximate surface area is 132 Å². The fraction of sp³-hybridized carbons (Fsp3) is 0.294. The zero-order chi connectivity index (χ0) is 15.5. The molecule has 2 heterocycles. The first-order valence-corrected chi connectivity index (χ1v) is 8.15. The number of carbonyl (C=O) groups is 2. The van der Waals surface area contributed by atoms with Crippen LogP contribution in [0.5, 0.6) is 0 Å². The molecule has 114 valence electrons. The van der Waals surface area contributed by atoms with Crippen molar-refractivity contribution >= 4 is 23.0 Å². The number of amides is 1. The van der Waals surface area contributed by atoms with Gasteiger partial charge in [-0.05, 0) is 42.5 Å². The number of hydrogen-bond acceptors (Lipinski definition) is 3. The SMILES string of the molecule is O=C(c1cccs1)C1CCN(C(=O)c2cccc(F)c2)CC1. The standard InChI is InChI=1S/C17H16FNO2S/c18-14-4-1-3-13(11-14)17(21)19-8-6-12(7-9-19)16(20)15-5-2-10-22-15/h1-5,10-12H,6-9H2. The molecular formula is C17H16FNO2S. The lowest BCUT2D eigenvalue weighted by Crippen LogP contribution is -2.40. The number of nitrogens with zero attached hydrogens (tertiary/aromatic N) is 1. The van der Waals surface area contributed by atoms with Gasteiger partial charge in [-0.2, -0.15) is 0 Å². The molecule has 0 atom stereocenters. The number of Topliss-reactive ketones (excluding diaryl/α,β-unsaturated/α-hetero) is 1. The van der Waals surface area contributed by atoms with E-state index in [2.05, 4.69) is 0 Å². The van der Waals surface area contributed by atoms with Crippen molar-refractivity contribution in [1.82, 2.24) is 4.90 Å². The molecule has 0 bridgehead atoms. The van der Waals surface area contributed by atoms with Crippen LogP contribution < -0.4 is 0 Å². The predicted molar refractivity (Wildman–Crippen MR) is 83.7 cm³/mol. The first kappa shape index (κ1) is 14.9. The van der Waals surface area contributed by atoms with Crippen LogP contribution in [0.25, 0.3) is 0 Å². The third-order valence-electron chi connectivity index (χ3n) is 3.99. The predicted octanol–water partition coefficient (Wildman–Crippen LogP) is 3.62. The Morgan fingerprint density at radius 3 is 2.55 bits per heavy atom. The molecule has 5 heteroatoms. The van der Waals surface area contributed by atoms with E-state index in [4.69, 9.17) is 0 Å². The van der Waals surface area contributed by atoms with Crippen LogP contribution in [0, 0.1) is 11.7 Å². The molecule has 1 aliphatic heterocycles. The summed E-state index contributed by atoms with van der Waals surface area (Å²) in [6.07, 6.45) is 1.33. The van der Waals surface area contributed by atoms with Gasteiger partial charge in [-0.25, -0.2) is 4.39 Å². The van der Waals surface area contributed by atoms with Gasteiger partial charge in [0, 0.05) is 24.6 Å². The minimum Gasteiger partial charge on any atom is -0.339 e. The van der Waals surface area contributed by atoms with Crippen LogP contribution >= 0.6 is 11.3 Å². The number of halogens is 1. The van der Waals surface area contributed by atoms with E-state index in [1.807, 2.05) is 17.5 Å². The van der Waals surface area contributed by atoms with E-state index in [0.29, 0.717) is 31.5 Å². The molecule has 22 heavy (non-hydrogen) atoms. The summed E-state index contributed by atoms with van der Waals surface area (Å²) in [5.74, 6) is -0.418. The van der Waals surface area contributed by atoms with E-state index in [1.165, 1.54) is 29.5 Å². The van der Waals surface area contributed by atoms with Crippen LogP contribution in [0.3, 0.4) is 0 Å². The fourth-order valence-electron chi connectivity index (χ4n) is 2.77. The second-order valence-electron chi connectivity index (χ2n) is 5.42. The molecule has 0 N–H and O–H groups in total. The van der Waals surface area contributed by atoms with Crippen molar-refractivity contribution in [2.75, 3.05) is 13.1 Å². The lowest BCUT2D eigenvalue weighted by atomic mass is 9.91. The van der Waals surface area contributed by atoms with Crippen LogP contribution in [-0.4, -0.2) is 29.7 Å². The summed E-state index contributed by atoms with van der Waals surface area (Å²) in [6.45, 7) is 1.08. The number of benzene rings is 1. The van der Waals surface area contributed by atoms with Crippen LogP contribution in [0.2, 0.25) is 0 Å². The lowest BCUT2D eigenvalue weighted by Gasteiger charge is -2.31. The molecular weight excluding hydrogens is 301 g/mol. The monoisotopic (exact) mass is 317 g/mol. The van der Waals surface area contributed by atoms with Gasteiger partial charge in [0.15, 0.2) is 5.78 Å². The Hall–Kier alpha value is -2.01. The number of rotatable bonds is 3. The summed E-state index contributed by atoms with van der Waals surface area (Å²) in [5.41, 5.74) is 0.364. The topological polar surface area (TPSA) is 37.4 Å². The van der Waals surface area contributed by atoms with Gasteiger partial charge in [-0.15, -0.1) is 11.3 Å². The summed E-state index contributed by atoms with van der Waals surface area (Å²) in [7, 11) is 0. The number of hydrogen-bond donors (Lipinski definition) is 0. The Morgan fingerprint density at radius 2 is 1.91 bits per heavy atom. The summed E-state index contributed by atoms with van der Waals surface area (Å²) in [5, 5.41) is 1.90. The number of carbonyl (C=O) groups excluding carboxylic acids is 2. The first-order valence-electron chi connectivity index (χ1n) is 7.27. The Morgan fingerprint density at radius 1 is 1.14 bits per heavy atom. The van der Waals surface area contributed by atoms with Crippen molar-refractivity contribution in [3.05, 3.63) is 58.0 Å². The minimum absolute atomic E-state index is 0.0183. The van der Waals surface area contributed by atoms with E-state index < -0.39 is 5.82 Å². The highest BCUT2D eigenvalue weighted by atomic mass is 32.1. The Balaban J connectivity index is 1.62. The fourth-order valence-corrected chi connectivity index (χ4v) is 3.51.